The molecule has 1 fully saturated rings. The average Bonchev–Trinajstić information content (AvgIpc) is 2.54. The van der Waals surface area contributed by atoms with Crippen LogP contribution >= 0.6 is 12.4 Å². The number of nitrogens with zero attached hydrogens (tertiary/aromatic N) is 2. The molecule has 3 rings (SSSR count). The number of para-hydroxylation sites is 1. The minimum Gasteiger partial charge on any atom is -0.326 e. The zero-order chi connectivity index (χ0) is 11.3. The Balaban J connectivity index is 0.00000108. The van der Waals surface area contributed by atoms with E-state index in [1.165, 1.54) is 5.56 Å². The third-order valence-electron chi connectivity index (χ3n) is 3.23. The molecule has 1 amide bonds. The molecule has 2 aliphatic rings. The van der Waals surface area contributed by atoms with E-state index in [2.05, 4.69) is 16.4 Å². The Hall–Kier alpha value is -1.55. The van der Waals surface area contributed by atoms with Gasteiger partial charge in [-0.1, -0.05) is 18.2 Å². The maximum atomic E-state index is 11.5. The van der Waals surface area contributed by atoms with Crippen LogP contribution in [0.4, 0.5) is 5.69 Å². The van der Waals surface area contributed by atoms with E-state index in [1.54, 1.807) is 0 Å². The third kappa shape index (κ3) is 1.69. The maximum absolute atomic E-state index is 11.5. The molecule has 0 aliphatic carbocycles. The maximum Gasteiger partial charge on any atom is 0.249 e. The summed E-state index contributed by atoms with van der Waals surface area (Å²) < 4.78 is 0. The number of guanidine groups is 1. The summed E-state index contributed by atoms with van der Waals surface area (Å²) in [5, 5.41) is 2.81. The van der Waals surface area contributed by atoms with Crippen molar-refractivity contribution in [3.05, 3.63) is 29.3 Å². The molecule has 2 aliphatic heterocycles. The fraction of sp³-hybridized carbons (Fsp3) is 0.333. The molecule has 4 nitrogen and oxygen atoms in total. The van der Waals surface area contributed by atoms with Gasteiger partial charge in [0.1, 0.15) is 6.04 Å². The van der Waals surface area contributed by atoms with Crippen LogP contribution in [-0.2, 0) is 11.3 Å². The molecule has 2 heterocycles. The molecule has 0 aromatic heterocycles. The highest BCUT2D eigenvalue weighted by molar-refractivity contribution is 6.07. The Morgan fingerprint density at radius 3 is 3.00 bits per heavy atom. The first-order chi connectivity index (χ1) is 7.66. The fourth-order valence-electron chi connectivity index (χ4n) is 2.21. The molecule has 1 aromatic rings. The van der Waals surface area contributed by atoms with Crippen LogP contribution in [0.1, 0.15) is 18.1 Å². The van der Waals surface area contributed by atoms with E-state index in [0.717, 1.165) is 17.8 Å². The molecule has 90 valence electrons. The molecule has 1 N–H and O–H groups in total. The molecular weight excluding hydrogens is 238 g/mol. The molecule has 5 heteroatoms. The second-order valence-electron chi connectivity index (χ2n) is 4.31. The zero-order valence-corrected chi connectivity index (χ0v) is 10.5. The summed E-state index contributed by atoms with van der Waals surface area (Å²) in [5.74, 6) is 0.725. The van der Waals surface area contributed by atoms with Crippen LogP contribution in [0.2, 0.25) is 0 Å². The Bertz CT molecular complexity index is 512. The topological polar surface area (TPSA) is 44.7 Å². The molecule has 0 bridgehead atoms. The average molecular weight is 252 g/mol. The lowest BCUT2D eigenvalue weighted by Gasteiger charge is -2.26. The van der Waals surface area contributed by atoms with Gasteiger partial charge >= 0.3 is 0 Å². The number of carbonyl (C=O) groups excluding carboxylic acids is 1. The quantitative estimate of drug-likeness (QED) is 0.763. The highest BCUT2D eigenvalue weighted by Gasteiger charge is 2.35. The van der Waals surface area contributed by atoms with Gasteiger partial charge in [-0.15, -0.1) is 12.4 Å². The number of rotatable bonds is 0. The zero-order valence-electron chi connectivity index (χ0n) is 9.73. The van der Waals surface area contributed by atoms with Gasteiger partial charge in [-0.3, -0.25) is 10.1 Å². The van der Waals surface area contributed by atoms with Gasteiger partial charge in [0.05, 0.1) is 5.69 Å². The Morgan fingerprint density at radius 2 is 2.24 bits per heavy atom. The van der Waals surface area contributed by atoms with E-state index in [4.69, 9.17) is 0 Å². The number of aliphatic imine (C=N–C) groups is 1. The van der Waals surface area contributed by atoms with Crippen molar-refractivity contribution in [1.82, 2.24) is 10.2 Å². The van der Waals surface area contributed by atoms with Crippen LogP contribution in [0.3, 0.4) is 0 Å². The second-order valence-corrected chi connectivity index (χ2v) is 4.31. The Labute approximate surface area is 106 Å². The summed E-state index contributed by atoms with van der Waals surface area (Å²) in [6, 6.07) is 6.02. The van der Waals surface area contributed by atoms with Crippen molar-refractivity contribution >= 4 is 30.0 Å². The summed E-state index contributed by atoms with van der Waals surface area (Å²) >= 11 is 0. The third-order valence-corrected chi connectivity index (χ3v) is 3.23. The Morgan fingerprint density at radius 1 is 1.47 bits per heavy atom. The Kier molecular flexibility index (Phi) is 2.83. The van der Waals surface area contributed by atoms with Crippen molar-refractivity contribution in [3.8, 4) is 0 Å². The van der Waals surface area contributed by atoms with Crippen LogP contribution in [0.25, 0.3) is 0 Å². The van der Waals surface area contributed by atoms with Crippen molar-refractivity contribution < 1.29 is 4.79 Å². The minimum atomic E-state index is -0.118. The number of nitrogens with one attached hydrogen (secondary N) is 1. The van der Waals surface area contributed by atoms with Crippen molar-refractivity contribution in [2.45, 2.75) is 26.4 Å². The van der Waals surface area contributed by atoms with Crippen LogP contribution < -0.4 is 5.32 Å². The van der Waals surface area contributed by atoms with Crippen LogP contribution in [0.5, 0.6) is 0 Å². The number of fused-ring (bicyclic) bond motifs is 2. The van der Waals surface area contributed by atoms with Gasteiger partial charge in [0.15, 0.2) is 0 Å². The van der Waals surface area contributed by atoms with E-state index in [-0.39, 0.29) is 24.4 Å². The van der Waals surface area contributed by atoms with Crippen molar-refractivity contribution in [3.63, 3.8) is 0 Å². The summed E-state index contributed by atoms with van der Waals surface area (Å²) in [5.41, 5.74) is 3.34. The molecule has 1 aromatic carbocycles. The first-order valence-corrected chi connectivity index (χ1v) is 5.41. The summed E-state index contributed by atoms with van der Waals surface area (Å²) in [6.45, 7) is 4.70. The highest BCUT2D eigenvalue weighted by Crippen LogP contribution is 2.31. The number of benzene rings is 1. The molecule has 0 spiro atoms. The standard InChI is InChI=1S/C12H13N3O.ClH/c1-7-4-3-5-9-6-15-8(2)11(16)14-12(15)13-10(7)9;/h3-5,8H,6H2,1-2H3,(H,13,14,16);1H/t8-;/m1./s1. The lowest BCUT2D eigenvalue weighted by atomic mass is 10.1. The monoisotopic (exact) mass is 251 g/mol. The molecule has 1 saturated heterocycles. The number of carbonyl (C=O) groups is 1. The van der Waals surface area contributed by atoms with E-state index in [9.17, 15) is 4.79 Å². The van der Waals surface area contributed by atoms with E-state index in [0.29, 0.717) is 5.96 Å². The lowest BCUT2D eigenvalue weighted by molar-refractivity contribution is -0.121. The first kappa shape index (κ1) is 11.9. The van der Waals surface area contributed by atoms with Gasteiger partial charge in [-0.25, -0.2) is 4.99 Å². The predicted molar refractivity (Wildman–Crippen MR) is 68.7 cm³/mol. The molecule has 0 unspecified atom stereocenters. The summed E-state index contributed by atoms with van der Waals surface area (Å²) in [6.07, 6.45) is 0. The van der Waals surface area contributed by atoms with Crippen LogP contribution in [0, 0.1) is 6.92 Å². The second kappa shape index (κ2) is 4.04. The molecule has 0 radical (unpaired) electrons. The van der Waals surface area contributed by atoms with E-state index >= 15 is 0 Å². The number of aryl methyl sites for hydroxylation is 1. The first-order valence-electron chi connectivity index (χ1n) is 5.41. The SMILES string of the molecule is Cc1cccc2c1N=C1NC(=O)[C@@H](C)N1C2.Cl. The summed E-state index contributed by atoms with van der Waals surface area (Å²) in [7, 11) is 0. The van der Waals surface area contributed by atoms with Crippen LogP contribution in [0.15, 0.2) is 23.2 Å². The van der Waals surface area contributed by atoms with Gasteiger partial charge in [0.2, 0.25) is 11.9 Å². The predicted octanol–water partition coefficient (Wildman–Crippen LogP) is 1.74. The van der Waals surface area contributed by atoms with Crippen molar-refractivity contribution in [2.24, 2.45) is 4.99 Å². The van der Waals surface area contributed by atoms with E-state index in [1.807, 2.05) is 30.9 Å². The molecule has 0 saturated carbocycles. The lowest BCUT2D eigenvalue weighted by Crippen LogP contribution is -2.35. The molecule has 17 heavy (non-hydrogen) atoms. The summed E-state index contributed by atoms with van der Waals surface area (Å²) in [4.78, 5) is 18.1. The van der Waals surface area contributed by atoms with Crippen LogP contribution in [-0.4, -0.2) is 22.8 Å². The van der Waals surface area contributed by atoms with Gasteiger partial charge in [0, 0.05) is 6.54 Å². The number of hydrogen-bond acceptors (Lipinski definition) is 3. The molecular formula is C12H14ClN3O. The highest BCUT2D eigenvalue weighted by atomic mass is 35.5. The van der Waals surface area contributed by atoms with Gasteiger partial charge < -0.3 is 4.90 Å². The van der Waals surface area contributed by atoms with Gasteiger partial charge in [-0.05, 0) is 25.0 Å². The fourth-order valence-corrected chi connectivity index (χ4v) is 2.21. The molecule has 1 atom stereocenters. The smallest absolute Gasteiger partial charge is 0.249 e. The minimum absolute atomic E-state index is 0. The number of amides is 1. The number of halogens is 1. The van der Waals surface area contributed by atoms with Crippen molar-refractivity contribution in [1.29, 1.82) is 0 Å². The normalized spacial score (nSPS) is 21.1. The van der Waals surface area contributed by atoms with E-state index < -0.39 is 0 Å². The van der Waals surface area contributed by atoms with Gasteiger partial charge in [0.25, 0.3) is 0 Å². The largest absolute Gasteiger partial charge is 0.326 e. The number of hydrogen-bond donors (Lipinski definition) is 1. The van der Waals surface area contributed by atoms with Gasteiger partial charge in [-0.2, -0.15) is 0 Å². The van der Waals surface area contributed by atoms with Crippen molar-refractivity contribution in [2.75, 3.05) is 0 Å².